The van der Waals surface area contributed by atoms with E-state index in [9.17, 15) is 19.3 Å². The summed E-state index contributed by atoms with van der Waals surface area (Å²) in [5.74, 6) is -0.501. The van der Waals surface area contributed by atoms with Crippen molar-refractivity contribution in [3.63, 3.8) is 0 Å². The number of anilines is 2. The Bertz CT molecular complexity index is 885. The maximum atomic E-state index is 13.4. The Labute approximate surface area is 157 Å². The zero-order valence-corrected chi connectivity index (χ0v) is 15.4. The molecule has 0 radical (unpaired) electrons. The van der Waals surface area contributed by atoms with Crippen molar-refractivity contribution < 1.29 is 14.1 Å². The molecule has 142 valence electrons. The van der Waals surface area contributed by atoms with Crippen LogP contribution >= 0.6 is 0 Å². The molecule has 2 aromatic rings. The maximum Gasteiger partial charge on any atom is 0.293 e. The van der Waals surface area contributed by atoms with E-state index in [1.807, 2.05) is 4.90 Å². The molecule has 1 amide bonds. The van der Waals surface area contributed by atoms with Gasteiger partial charge in [-0.15, -0.1) is 0 Å². The van der Waals surface area contributed by atoms with Gasteiger partial charge < -0.3 is 10.2 Å². The predicted octanol–water partition coefficient (Wildman–Crippen LogP) is 4.53. The lowest BCUT2D eigenvalue weighted by Gasteiger charge is -2.32. The summed E-state index contributed by atoms with van der Waals surface area (Å²) in [6, 6.07) is 8.59. The van der Waals surface area contributed by atoms with Gasteiger partial charge in [-0.1, -0.05) is 13.0 Å². The highest BCUT2D eigenvalue weighted by atomic mass is 19.1. The van der Waals surface area contributed by atoms with E-state index in [1.54, 1.807) is 25.1 Å². The molecule has 0 aliphatic carbocycles. The van der Waals surface area contributed by atoms with Crippen LogP contribution in [0, 0.1) is 28.8 Å². The number of rotatable bonds is 4. The first-order chi connectivity index (χ1) is 12.8. The van der Waals surface area contributed by atoms with Gasteiger partial charge in [-0.25, -0.2) is 4.39 Å². The molecule has 6 nitrogen and oxygen atoms in total. The fourth-order valence-corrected chi connectivity index (χ4v) is 3.41. The number of carbonyl (C=O) groups excluding carboxylic acids is 1. The predicted molar refractivity (Wildman–Crippen MR) is 103 cm³/mol. The molecule has 27 heavy (non-hydrogen) atoms. The lowest BCUT2D eigenvalue weighted by molar-refractivity contribution is -0.384. The molecule has 1 atom stereocenters. The van der Waals surface area contributed by atoms with Crippen LogP contribution in [0.2, 0.25) is 0 Å². The highest BCUT2D eigenvalue weighted by Crippen LogP contribution is 2.32. The summed E-state index contributed by atoms with van der Waals surface area (Å²) in [6.45, 7) is 5.40. The Morgan fingerprint density at radius 3 is 2.78 bits per heavy atom. The number of piperidine rings is 1. The summed E-state index contributed by atoms with van der Waals surface area (Å²) >= 11 is 0. The number of hydrogen-bond donors (Lipinski definition) is 1. The second-order valence-corrected chi connectivity index (χ2v) is 7.07. The van der Waals surface area contributed by atoms with E-state index in [-0.39, 0.29) is 11.3 Å². The van der Waals surface area contributed by atoms with E-state index < -0.39 is 16.6 Å². The highest BCUT2D eigenvalue weighted by molar-refractivity contribution is 6.05. The lowest BCUT2D eigenvalue weighted by Crippen LogP contribution is -2.34. The molecule has 2 aromatic carbocycles. The molecular formula is C20H22FN3O3. The van der Waals surface area contributed by atoms with Crippen LogP contribution in [0.5, 0.6) is 0 Å². The lowest BCUT2D eigenvalue weighted by atomic mass is 9.99. The molecule has 1 aliphatic rings. The molecule has 1 N–H and O–H groups in total. The monoisotopic (exact) mass is 371 g/mol. The van der Waals surface area contributed by atoms with Crippen molar-refractivity contribution >= 4 is 23.0 Å². The van der Waals surface area contributed by atoms with Crippen LogP contribution in [0.25, 0.3) is 0 Å². The van der Waals surface area contributed by atoms with Crippen molar-refractivity contribution in [3.05, 3.63) is 63.5 Å². The van der Waals surface area contributed by atoms with Gasteiger partial charge in [-0.2, -0.15) is 0 Å². The summed E-state index contributed by atoms with van der Waals surface area (Å²) in [5.41, 5.74) is 1.66. The second-order valence-electron chi connectivity index (χ2n) is 7.07. The van der Waals surface area contributed by atoms with Crippen LogP contribution in [-0.2, 0) is 0 Å². The van der Waals surface area contributed by atoms with Crippen molar-refractivity contribution in [1.82, 2.24) is 0 Å². The van der Waals surface area contributed by atoms with Crippen molar-refractivity contribution in [2.45, 2.75) is 26.7 Å². The number of nitrogens with one attached hydrogen (secondary N) is 1. The van der Waals surface area contributed by atoms with Crippen molar-refractivity contribution in [3.8, 4) is 0 Å². The average Bonchev–Trinajstić information content (AvgIpc) is 2.64. The quantitative estimate of drug-likeness (QED) is 0.633. The molecule has 1 heterocycles. The zero-order chi connectivity index (χ0) is 19.6. The van der Waals surface area contributed by atoms with E-state index in [4.69, 9.17) is 0 Å². The van der Waals surface area contributed by atoms with Crippen molar-refractivity contribution in [1.29, 1.82) is 0 Å². The molecular weight excluding hydrogens is 349 g/mol. The summed E-state index contributed by atoms with van der Waals surface area (Å²) in [5, 5.41) is 14.2. The SMILES string of the molecule is Cc1ccc(F)cc1NC(=O)c1ccc(N2CCC[C@H](C)C2)c([N+](=O)[O-])c1. The van der Waals surface area contributed by atoms with E-state index in [1.165, 1.54) is 18.2 Å². The smallest absolute Gasteiger partial charge is 0.293 e. The molecule has 7 heteroatoms. The minimum Gasteiger partial charge on any atom is -0.366 e. The summed E-state index contributed by atoms with van der Waals surface area (Å²) in [7, 11) is 0. The Morgan fingerprint density at radius 1 is 1.30 bits per heavy atom. The Hall–Kier alpha value is -2.96. The number of amides is 1. The van der Waals surface area contributed by atoms with Crippen LogP contribution in [0.1, 0.15) is 35.7 Å². The van der Waals surface area contributed by atoms with Crippen molar-refractivity contribution in [2.75, 3.05) is 23.3 Å². The van der Waals surface area contributed by atoms with Gasteiger partial charge in [0.1, 0.15) is 11.5 Å². The van der Waals surface area contributed by atoms with Gasteiger partial charge in [0.05, 0.1) is 4.92 Å². The highest BCUT2D eigenvalue weighted by Gasteiger charge is 2.25. The third-order valence-electron chi connectivity index (χ3n) is 4.88. The van der Waals surface area contributed by atoms with Crippen molar-refractivity contribution in [2.24, 2.45) is 5.92 Å². The second kappa shape index (κ2) is 7.73. The molecule has 0 bridgehead atoms. The van der Waals surface area contributed by atoms with E-state index in [0.717, 1.165) is 25.9 Å². The molecule has 3 rings (SSSR count). The number of carbonyl (C=O) groups is 1. The Morgan fingerprint density at radius 2 is 2.07 bits per heavy atom. The largest absolute Gasteiger partial charge is 0.366 e. The van der Waals surface area contributed by atoms with Crippen LogP contribution in [0.15, 0.2) is 36.4 Å². The van der Waals surface area contributed by atoms with E-state index >= 15 is 0 Å². The van der Waals surface area contributed by atoms with Gasteiger partial charge in [0, 0.05) is 30.4 Å². The fraction of sp³-hybridized carbons (Fsp3) is 0.350. The third-order valence-corrected chi connectivity index (χ3v) is 4.88. The normalized spacial score (nSPS) is 16.9. The number of hydrogen-bond acceptors (Lipinski definition) is 4. The third kappa shape index (κ3) is 4.24. The van der Waals surface area contributed by atoms with Crippen LogP contribution < -0.4 is 10.2 Å². The molecule has 1 aliphatic heterocycles. The minimum absolute atomic E-state index is 0.0901. The molecule has 1 fully saturated rings. The van der Waals surface area contributed by atoms with Crippen LogP contribution in [-0.4, -0.2) is 23.9 Å². The fourth-order valence-electron chi connectivity index (χ4n) is 3.41. The first-order valence-electron chi connectivity index (χ1n) is 8.96. The van der Waals surface area contributed by atoms with E-state index in [0.29, 0.717) is 22.9 Å². The van der Waals surface area contributed by atoms with Gasteiger partial charge in [0.15, 0.2) is 0 Å². The van der Waals surface area contributed by atoms with Gasteiger partial charge in [-0.05, 0) is 55.5 Å². The number of aryl methyl sites for hydroxylation is 1. The number of nitro benzene ring substituents is 1. The average molecular weight is 371 g/mol. The first-order valence-corrected chi connectivity index (χ1v) is 8.96. The summed E-state index contributed by atoms with van der Waals surface area (Å²) < 4.78 is 13.4. The Balaban J connectivity index is 1.88. The van der Waals surface area contributed by atoms with Gasteiger partial charge >= 0.3 is 0 Å². The maximum absolute atomic E-state index is 13.4. The topological polar surface area (TPSA) is 75.5 Å². The van der Waals surface area contributed by atoms with Crippen LogP contribution in [0.3, 0.4) is 0 Å². The molecule has 0 unspecified atom stereocenters. The number of benzene rings is 2. The number of halogens is 1. The Kier molecular flexibility index (Phi) is 5.39. The first kappa shape index (κ1) is 18.8. The number of nitrogens with zero attached hydrogens (tertiary/aromatic N) is 2. The number of nitro groups is 1. The van der Waals surface area contributed by atoms with Gasteiger partial charge in [-0.3, -0.25) is 14.9 Å². The minimum atomic E-state index is -0.509. The molecule has 1 saturated heterocycles. The van der Waals surface area contributed by atoms with E-state index in [2.05, 4.69) is 12.2 Å². The summed E-state index contributed by atoms with van der Waals surface area (Å²) in [4.78, 5) is 25.6. The molecule has 0 spiro atoms. The standard InChI is InChI=1S/C20H22FN3O3/c1-13-4-3-9-23(12-13)18-8-6-15(10-19(18)24(26)27)20(25)22-17-11-16(21)7-5-14(17)2/h5-8,10-11,13H,3-4,9,12H2,1-2H3,(H,22,25)/t13-/m0/s1. The van der Waals surface area contributed by atoms with Gasteiger partial charge in [0.2, 0.25) is 0 Å². The molecule has 0 aromatic heterocycles. The molecule has 0 saturated carbocycles. The van der Waals surface area contributed by atoms with Gasteiger partial charge in [0.25, 0.3) is 11.6 Å². The van der Waals surface area contributed by atoms with Crippen LogP contribution in [0.4, 0.5) is 21.5 Å². The zero-order valence-electron chi connectivity index (χ0n) is 15.4. The summed E-state index contributed by atoms with van der Waals surface area (Å²) in [6.07, 6.45) is 2.09.